The molecular formula is C12H26N2O. The van der Waals surface area contributed by atoms with E-state index in [4.69, 9.17) is 0 Å². The summed E-state index contributed by atoms with van der Waals surface area (Å²) in [6.45, 7) is 10.8. The summed E-state index contributed by atoms with van der Waals surface area (Å²) in [7, 11) is 0. The van der Waals surface area contributed by atoms with E-state index < -0.39 is 0 Å². The van der Waals surface area contributed by atoms with Crippen LogP contribution >= 0.6 is 0 Å². The first-order valence-corrected chi connectivity index (χ1v) is 6.23. The molecule has 1 fully saturated rings. The Balaban J connectivity index is 0.000000262. The van der Waals surface area contributed by atoms with Crippen molar-refractivity contribution in [3.05, 3.63) is 0 Å². The van der Waals surface area contributed by atoms with Gasteiger partial charge in [-0.25, -0.2) is 0 Å². The Kier molecular flexibility index (Phi) is 9.59. The first-order valence-electron chi connectivity index (χ1n) is 6.23. The molecule has 0 unspecified atom stereocenters. The van der Waals surface area contributed by atoms with Crippen molar-refractivity contribution in [2.45, 2.75) is 46.5 Å². The Morgan fingerprint density at radius 3 is 2.13 bits per heavy atom. The molecule has 0 aliphatic carbocycles. The van der Waals surface area contributed by atoms with Gasteiger partial charge in [0, 0.05) is 13.0 Å². The van der Waals surface area contributed by atoms with E-state index in [2.05, 4.69) is 17.1 Å². The van der Waals surface area contributed by atoms with Crippen LogP contribution in [0.3, 0.4) is 0 Å². The molecular weight excluding hydrogens is 188 g/mol. The lowest BCUT2D eigenvalue weighted by Gasteiger charge is -2.08. The van der Waals surface area contributed by atoms with Gasteiger partial charge in [-0.1, -0.05) is 13.8 Å². The maximum Gasteiger partial charge on any atom is 0.219 e. The summed E-state index contributed by atoms with van der Waals surface area (Å²) >= 11 is 0. The molecule has 0 aromatic heterocycles. The highest BCUT2D eigenvalue weighted by Gasteiger charge is 2.06. The maximum atomic E-state index is 10.5. The Labute approximate surface area is 94.2 Å². The minimum Gasteiger partial charge on any atom is -0.356 e. The second kappa shape index (κ2) is 9.97. The molecule has 3 heteroatoms. The van der Waals surface area contributed by atoms with Gasteiger partial charge in [0.05, 0.1) is 0 Å². The van der Waals surface area contributed by atoms with Gasteiger partial charge in [-0.15, -0.1) is 0 Å². The third kappa shape index (κ3) is 8.43. The summed E-state index contributed by atoms with van der Waals surface area (Å²) in [5.74, 6) is 0.162. The highest BCUT2D eigenvalue weighted by molar-refractivity contribution is 5.75. The van der Waals surface area contributed by atoms with Crippen molar-refractivity contribution in [1.82, 2.24) is 10.2 Å². The first kappa shape index (κ1) is 14.4. The maximum absolute atomic E-state index is 10.5. The van der Waals surface area contributed by atoms with Gasteiger partial charge in [0.2, 0.25) is 5.91 Å². The Hall–Kier alpha value is -0.570. The fraction of sp³-hybridized carbons (Fsp3) is 0.917. The smallest absolute Gasteiger partial charge is 0.219 e. The zero-order valence-electron chi connectivity index (χ0n) is 10.5. The normalized spacial score (nSPS) is 15.7. The molecule has 0 aromatic carbocycles. The second-order valence-corrected chi connectivity index (χ2v) is 3.84. The van der Waals surface area contributed by atoms with E-state index in [1.807, 2.05) is 13.8 Å². The summed E-state index contributed by atoms with van der Waals surface area (Å²) in [4.78, 5) is 13.0. The van der Waals surface area contributed by atoms with Crippen LogP contribution in [0.4, 0.5) is 0 Å². The minimum absolute atomic E-state index is 0.162. The van der Waals surface area contributed by atoms with Crippen molar-refractivity contribution < 1.29 is 4.79 Å². The molecule has 15 heavy (non-hydrogen) atoms. The van der Waals surface area contributed by atoms with Crippen molar-refractivity contribution in [3.8, 4) is 0 Å². The molecule has 1 aliphatic heterocycles. The number of nitrogens with one attached hydrogen (secondary N) is 1. The highest BCUT2D eigenvalue weighted by atomic mass is 16.1. The number of rotatable bonds is 4. The summed E-state index contributed by atoms with van der Waals surface area (Å²) < 4.78 is 0. The van der Waals surface area contributed by atoms with Crippen LogP contribution in [0.5, 0.6) is 0 Å². The van der Waals surface area contributed by atoms with E-state index >= 15 is 0 Å². The van der Waals surface area contributed by atoms with Gasteiger partial charge < -0.3 is 10.2 Å². The predicted molar refractivity (Wildman–Crippen MR) is 64.9 cm³/mol. The van der Waals surface area contributed by atoms with Crippen LogP contribution in [0.25, 0.3) is 0 Å². The third-order valence-corrected chi connectivity index (χ3v) is 2.50. The van der Waals surface area contributed by atoms with Crippen LogP contribution in [-0.2, 0) is 4.79 Å². The van der Waals surface area contributed by atoms with Crippen LogP contribution in [0.2, 0.25) is 0 Å². The fourth-order valence-electron chi connectivity index (χ4n) is 1.61. The van der Waals surface area contributed by atoms with Crippen molar-refractivity contribution in [2.75, 3.05) is 26.2 Å². The highest BCUT2D eigenvalue weighted by Crippen LogP contribution is 2.04. The molecule has 1 rings (SSSR count). The molecule has 0 spiro atoms. The van der Waals surface area contributed by atoms with E-state index in [0.29, 0.717) is 6.42 Å². The molecule has 1 aliphatic rings. The summed E-state index contributed by atoms with van der Waals surface area (Å²) in [6.07, 6.45) is 4.45. The van der Waals surface area contributed by atoms with Gasteiger partial charge in [-0.3, -0.25) is 4.79 Å². The van der Waals surface area contributed by atoms with E-state index in [1.54, 1.807) is 0 Å². The standard InChI is InChI=1S/C6H13NO.C6H13N/c1-3-5-6(8)7-4-2;1-2-7-5-3-4-6-7/h3-5H2,1-2H3,(H,7,8);2-6H2,1H3. The third-order valence-electron chi connectivity index (χ3n) is 2.50. The summed E-state index contributed by atoms with van der Waals surface area (Å²) in [6, 6.07) is 0. The second-order valence-electron chi connectivity index (χ2n) is 3.84. The van der Waals surface area contributed by atoms with Gasteiger partial charge in [-0.2, -0.15) is 0 Å². The zero-order chi connectivity index (χ0) is 11.5. The van der Waals surface area contributed by atoms with Crippen molar-refractivity contribution >= 4 is 5.91 Å². The average molecular weight is 214 g/mol. The largest absolute Gasteiger partial charge is 0.356 e. The number of hydrogen-bond acceptors (Lipinski definition) is 2. The molecule has 1 saturated heterocycles. The van der Waals surface area contributed by atoms with Gasteiger partial charge in [0.1, 0.15) is 0 Å². The fourth-order valence-corrected chi connectivity index (χ4v) is 1.61. The van der Waals surface area contributed by atoms with Crippen LogP contribution < -0.4 is 5.32 Å². The molecule has 1 heterocycles. The molecule has 0 atom stereocenters. The van der Waals surface area contributed by atoms with Crippen LogP contribution in [0.1, 0.15) is 46.5 Å². The number of carbonyl (C=O) groups excluding carboxylic acids is 1. The van der Waals surface area contributed by atoms with E-state index in [1.165, 1.54) is 32.5 Å². The van der Waals surface area contributed by atoms with Crippen LogP contribution in [0, 0.1) is 0 Å². The summed E-state index contributed by atoms with van der Waals surface area (Å²) in [5, 5.41) is 2.71. The van der Waals surface area contributed by atoms with Crippen LogP contribution in [-0.4, -0.2) is 37.0 Å². The van der Waals surface area contributed by atoms with Crippen molar-refractivity contribution in [1.29, 1.82) is 0 Å². The molecule has 1 amide bonds. The van der Waals surface area contributed by atoms with Gasteiger partial charge in [0.15, 0.2) is 0 Å². The molecule has 3 nitrogen and oxygen atoms in total. The number of amides is 1. The SMILES string of the molecule is CCCC(=O)NCC.CCN1CCCC1. The van der Waals surface area contributed by atoms with E-state index in [0.717, 1.165) is 13.0 Å². The molecule has 0 radical (unpaired) electrons. The molecule has 0 saturated carbocycles. The quantitative estimate of drug-likeness (QED) is 0.776. The first-order chi connectivity index (χ1) is 7.24. The van der Waals surface area contributed by atoms with Gasteiger partial charge in [-0.05, 0) is 45.8 Å². The van der Waals surface area contributed by atoms with Gasteiger partial charge in [0.25, 0.3) is 0 Å². The molecule has 0 bridgehead atoms. The minimum atomic E-state index is 0.162. The Bertz CT molecular complexity index is 146. The number of nitrogens with zero attached hydrogens (tertiary/aromatic N) is 1. The van der Waals surface area contributed by atoms with Gasteiger partial charge >= 0.3 is 0 Å². The molecule has 1 N–H and O–H groups in total. The monoisotopic (exact) mass is 214 g/mol. The topological polar surface area (TPSA) is 32.3 Å². The van der Waals surface area contributed by atoms with E-state index in [-0.39, 0.29) is 5.91 Å². The average Bonchev–Trinajstić information content (AvgIpc) is 2.72. The van der Waals surface area contributed by atoms with Crippen molar-refractivity contribution in [3.63, 3.8) is 0 Å². The molecule has 0 aromatic rings. The van der Waals surface area contributed by atoms with Crippen molar-refractivity contribution in [2.24, 2.45) is 0 Å². The predicted octanol–water partition coefficient (Wildman–Crippen LogP) is 2.02. The lowest BCUT2D eigenvalue weighted by molar-refractivity contribution is -0.121. The van der Waals surface area contributed by atoms with Crippen LogP contribution in [0.15, 0.2) is 0 Å². The Morgan fingerprint density at radius 2 is 1.80 bits per heavy atom. The lowest BCUT2D eigenvalue weighted by atomic mass is 10.3. The lowest BCUT2D eigenvalue weighted by Crippen LogP contribution is -2.21. The summed E-state index contributed by atoms with van der Waals surface area (Å²) in [5.41, 5.74) is 0. The molecule has 90 valence electrons. The number of hydrogen-bond donors (Lipinski definition) is 1. The number of likely N-dealkylation sites (tertiary alicyclic amines) is 1. The zero-order valence-corrected chi connectivity index (χ0v) is 10.5. The number of carbonyl (C=O) groups is 1. The Morgan fingerprint density at radius 1 is 1.20 bits per heavy atom. The van der Waals surface area contributed by atoms with E-state index in [9.17, 15) is 4.79 Å².